The summed E-state index contributed by atoms with van der Waals surface area (Å²) in [5.74, 6) is 0.485. The lowest BCUT2D eigenvalue weighted by Gasteiger charge is -2.18. The van der Waals surface area contributed by atoms with E-state index in [-0.39, 0.29) is 23.7 Å². The first-order valence-corrected chi connectivity index (χ1v) is 9.68. The number of ether oxygens (including phenoxy) is 1. The van der Waals surface area contributed by atoms with Crippen molar-refractivity contribution >= 4 is 15.7 Å². The van der Waals surface area contributed by atoms with Gasteiger partial charge in [-0.15, -0.1) is 0 Å². The minimum atomic E-state index is -3.79. The molecule has 0 saturated heterocycles. The second-order valence-electron chi connectivity index (χ2n) is 5.85. The number of hydrogen-bond donors (Lipinski definition) is 0. The van der Waals surface area contributed by atoms with Gasteiger partial charge in [-0.2, -0.15) is 4.31 Å². The molecule has 0 aliphatic carbocycles. The molecule has 2 rings (SSSR count). The number of benzene rings is 2. The molecule has 8 heteroatoms. The minimum absolute atomic E-state index is 0.000417. The fraction of sp³-hybridized carbons (Fsp3) is 0.333. The number of rotatable bonds is 7. The smallest absolute Gasteiger partial charge is 0.312 e. The highest BCUT2D eigenvalue weighted by molar-refractivity contribution is 7.89. The van der Waals surface area contributed by atoms with Crippen molar-refractivity contribution in [2.75, 3.05) is 13.1 Å². The summed E-state index contributed by atoms with van der Waals surface area (Å²) in [6.07, 6.45) is 0. The highest BCUT2D eigenvalue weighted by Crippen LogP contribution is 2.35. The van der Waals surface area contributed by atoms with E-state index in [4.69, 9.17) is 4.74 Å². The monoisotopic (exact) mass is 378 g/mol. The zero-order valence-electron chi connectivity index (χ0n) is 15.2. The summed E-state index contributed by atoms with van der Waals surface area (Å²) >= 11 is 0. The van der Waals surface area contributed by atoms with Gasteiger partial charge in [0.25, 0.3) is 0 Å². The van der Waals surface area contributed by atoms with Crippen molar-refractivity contribution in [1.29, 1.82) is 0 Å². The zero-order valence-corrected chi connectivity index (χ0v) is 16.0. The van der Waals surface area contributed by atoms with E-state index in [2.05, 4.69) is 0 Å². The Hall–Kier alpha value is -2.45. The summed E-state index contributed by atoms with van der Waals surface area (Å²) < 4.78 is 32.1. The molecule has 0 saturated carbocycles. The van der Waals surface area contributed by atoms with Gasteiger partial charge in [0, 0.05) is 19.2 Å². The quantitative estimate of drug-likeness (QED) is 0.536. The summed E-state index contributed by atoms with van der Waals surface area (Å²) in [5.41, 5.74) is 1.49. The number of sulfonamides is 1. The van der Waals surface area contributed by atoms with Crippen molar-refractivity contribution in [3.05, 3.63) is 57.6 Å². The number of hydrogen-bond acceptors (Lipinski definition) is 5. The molecule has 0 spiro atoms. The van der Waals surface area contributed by atoms with Crippen LogP contribution in [0.3, 0.4) is 0 Å². The fourth-order valence-electron chi connectivity index (χ4n) is 2.63. The van der Waals surface area contributed by atoms with E-state index in [9.17, 15) is 18.5 Å². The fourth-order valence-corrected chi connectivity index (χ4v) is 4.11. The highest BCUT2D eigenvalue weighted by Gasteiger charge is 2.26. The van der Waals surface area contributed by atoms with Crippen molar-refractivity contribution in [2.45, 2.75) is 32.6 Å². The van der Waals surface area contributed by atoms with E-state index in [1.54, 1.807) is 19.9 Å². The van der Waals surface area contributed by atoms with Gasteiger partial charge >= 0.3 is 5.69 Å². The summed E-state index contributed by atoms with van der Waals surface area (Å²) in [6, 6.07) is 9.18. The second-order valence-corrected chi connectivity index (χ2v) is 7.78. The van der Waals surface area contributed by atoms with Gasteiger partial charge in [-0.1, -0.05) is 31.5 Å². The third-order valence-electron chi connectivity index (χ3n) is 4.02. The van der Waals surface area contributed by atoms with Crippen LogP contribution in [0.1, 0.15) is 25.0 Å². The molecule has 0 heterocycles. The maximum Gasteiger partial charge on any atom is 0.312 e. The summed E-state index contributed by atoms with van der Waals surface area (Å²) in [4.78, 5) is 10.7. The van der Waals surface area contributed by atoms with Crippen molar-refractivity contribution in [3.8, 4) is 11.5 Å². The van der Waals surface area contributed by atoms with Gasteiger partial charge in [-0.05, 0) is 37.6 Å². The minimum Gasteiger partial charge on any atom is -0.450 e. The third kappa shape index (κ3) is 4.03. The van der Waals surface area contributed by atoms with Crippen LogP contribution in [-0.2, 0) is 10.0 Å². The number of aryl methyl sites for hydroxylation is 2. The molecule has 0 aliphatic rings. The molecule has 7 nitrogen and oxygen atoms in total. The average Bonchev–Trinajstić information content (AvgIpc) is 2.58. The molecule has 26 heavy (non-hydrogen) atoms. The first kappa shape index (κ1) is 19.9. The van der Waals surface area contributed by atoms with Crippen molar-refractivity contribution in [3.63, 3.8) is 0 Å². The summed E-state index contributed by atoms with van der Waals surface area (Å²) in [6.45, 7) is 7.78. The first-order chi connectivity index (χ1) is 12.2. The van der Waals surface area contributed by atoms with Gasteiger partial charge in [-0.3, -0.25) is 10.1 Å². The third-order valence-corrected chi connectivity index (χ3v) is 6.07. The standard InChI is InChI=1S/C18H22N2O5S/c1-5-19(6-2)26(23,24)15-8-10-18(16(12-15)20(21)22)25-17-9-7-13(3)11-14(17)4/h7-12H,5-6H2,1-4H3. The van der Waals surface area contributed by atoms with Crippen LogP contribution in [-0.4, -0.2) is 30.7 Å². The molecule has 0 aliphatic heterocycles. The molecular formula is C18H22N2O5S. The number of nitro benzene ring substituents is 1. The molecule has 0 fully saturated rings. The van der Waals surface area contributed by atoms with Crippen molar-refractivity contribution in [1.82, 2.24) is 4.31 Å². The Morgan fingerprint density at radius 2 is 1.65 bits per heavy atom. The predicted octanol–water partition coefficient (Wildman–Crippen LogP) is 4.03. The summed E-state index contributed by atoms with van der Waals surface area (Å²) in [5, 5.41) is 11.5. The van der Waals surface area contributed by atoms with E-state index in [1.165, 1.54) is 16.4 Å². The van der Waals surface area contributed by atoms with Crippen LogP contribution in [0.2, 0.25) is 0 Å². The molecule has 0 unspecified atom stereocenters. The Morgan fingerprint density at radius 1 is 1.04 bits per heavy atom. The Morgan fingerprint density at radius 3 is 2.19 bits per heavy atom. The normalized spacial score (nSPS) is 11.6. The molecule has 0 amide bonds. The zero-order chi connectivity index (χ0) is 19.5. The van der Waals surface area contributed by atoms with Gasteiger partial charge < -0.3 is 4.74 Å². The Balaban J connectivity index is 2.48. The molecule has 2 aromatic carbocycles. The predicted molar refractivity (Wildman–Crippen MR) is 99.2 cm³/mol. The largest absolute Gasteiger partial charge is 0.450 e. The van der Waals surface area contributed by atoms with Gasteiger partial charge in [0.2, 0.25) is 15.8 Å². The van der Waals surface area contributed by atoms with Crippen LogP contribution in [0.4, 0.5) is 5.69 Å². The average molecular weight is 378 g/mol. The lowest BCUT2D eigenvalue weighted by Crippen LogP contribution is -2.30. The maximum atomic E-state index is 12.6. The van der Waals surface area contributed by atoms with Gasteiger partial charge in [-0.25, -0.2) is 8.42 Å². The Labute approximate surface area is 153 Å². The molecule has 0 atom stereocenters. The lowest BCUT2D eigenvalue weighted by molar-refractivity contribution is -0.385. The molecule has 0 N–H and O–H groups in total. The van der Waals surface area contributed by atoms with Crippen LogP contribution in [0, 0.1) is 24.0 Å². The molecule has 0 aromatic heterocycles. The Bertz CT molecular complexity index is 921. The molecular weight excluding hydrogens is 356 g/mol. The number of nitro groups is 1. The molecule has 2 aromatic rings. The molecule has 0 bridgehead atoms. The van der Waals surface area contributed by atoms with Crippen LogP contribution in [0.5, 0.6) is 11.5 Å². The van der Waals surface area contributed by atoms with Crippen LogP contribution >= 0.6 is 0 Å². The Kier molecular flexibility index (Phi) is 5.99. The van der Waals surface area contributed by atoms with Gasteiger partial charge in [0.05, 0.1) is 9.82 Å². The lowest BCUT2D eigenvalue weighted by atomic mass is 10.1. The van der Waals surface area contributed by atoms with Crippen molar-refractivity contribution < 1.29 is 18.1 Å². The highest BCUT2D eigenvalue weighted by atomic mass is 32.2. The van der Waals surface area contributed by atoms with E-state index in [0.29, 0.717) is 5.75 Å². The topological polar surface area (TPSA) is 89.8 Å². The van der Waals surface area contributed by atoms with Crippen LogP contribution in [0.15, 0.2) is 41.3 Å². The second kappa shape index (κ2) is 7.84. The van der Waals surface area contributed by atoms with Gasteiger partial charge in [0.15, 0.2) is 0 Å². The first-order valence-electron chi connectivity index (χ1n) is 8.24. The summed E-state index contributed by atoms with van der Waals surface area (Å²) in [7, 11) is -3.79. The number of nitrogens with zero attached hydrogens (tertiary/aromatic N) is 2. The van der Waals surface area contributed by atoms with Crippen LogP contribution < -0.4 is 4.74 Å². The van der Waals surface area contributed by atoms with Crippen LogP contribution in [0.25, 0.3) is 0 Å². The molecule has 0 radical (unpaired) electrons. The van der Waals surface area contributed by atoms with E-state index in [0.717, 1.165) is 17.2 Å². The van der Waals surface area contributed by atoms with E-state index >= 15 is 0 Å². The van der Waals surface area contributed by atoms with Gasteiger partial charge in [0.1, 0.15) is 5.75 Å². The molecule has 140 valence electrons. The SMILES string of the molecule is CCN(CC)S(=O)(=O)c1ccc(Oc2ccc(C)cc2C)c([N+](=O)[O-])c1. The maximum absolute atomic E-state index is 12.6. The van der Waals surface area contributed by atoms with Crippen molar-refractivity contribution in [2.24, 2.45) is 0 Å². The van der Waals surface area contributed by atoms with E-state index in [1.807, 2.05) is 26.0 Å². The van der Waals surface area contributed by atoms with E-state index < -0.39 is 20.6 Å².